The fourth-order valence-corrected chi connectivity index (χ4v) is 7.07. The molecule has 37 heavy (non-hydrogen) atoms. The van der Waals surface area contributed by atoms with Gasteiger partial charge in [-0.25, -0.2) is 0 Å². The molecule has 2 aromatic carbocycles. The summed E-state index contributed by atoms with van der Waals surface area (Å²) in [4.78, 5) is 30.6. The Balaban J connectivity index is 1.21. The third kappa shape index (κ3) is 5.12. The number of morpholine rings is 1. The first kappa shape index (κ1) is 24.1. The largest absolute Gasteiger partial charge is 0.377 e. The molecule has 0 amide bonds. The summed E-state index contributed by atoms with van der Waals surface area (Å²) in [6.07, 6.45) is 5.28. The van der Waals surface area contributed by atoms with Crippen LogP contribution in [0.15, 0.2) is 91.5 Å². The van der Waals surface area contributed by atoms with E-state index in [1.807, 2.05) is 19.2 Å². The molecule has 1 saturated heterocycles. The van der Waals surface area contributed by atoms with Crippen LogP contribution in [-0.4, -0.2) is 34.6 Å². The molecule has 4 heterocycles. The SMILES string of the molecule is Cc1cnc(C(C)Nc2ccc3c(c2)Sc2cccc(C4CN(c5cc[nH]c(=O)c5)CCO4)c2S3)cn1. The molecule has 2 aliphatic heterocycles. The lowest BCUT2D eigenvalue weighted by Gasteiger charge is -2.36. The summed E-state index contributed by atoms with van der Waals surface area (Å²) < 4.78 is 6.24. The van der Waals surface area contributed by atoms with Crippen LogP contribution in [0.4, 0.5) is 11.4 Å². The third-order valence-electron chi connectivity index (χ3n) is 6.55. The van der Waals surface area contributed by atoms with Gasteiger partial charge in [0.25, 0.3) is 0 Å². The van der Waals surface area contributed by atoms with Crippen LogP contribution in [0.5, 0.6) is 0 Å². The van der Waals surface area contributed by atoms with Crippen molar-refractivity contribution in [2.24, 2.45) is 0 Å². The Labute approximate surface area is 224 Å². The molecule has 2 aromatic heterocycles. The quantitative estimate of drug-likeness (QED) is 0.294. The van der Waals surface area contributed by atoms with Crippen LogP contribution in [-0.2, 0) is 4.74 Å². The van der Waals surface area contributed by atoms with Crippen LogP contribution in [0.2, 0.25) is 0 Å². The number of nitrogens with one attached hydrogen (secondary N) is 2. The van der Waals surface area contributed by atoms with Crippen molar-refractivity contribution in [3.05, 3.63) is 94.4 Å². The van der Waals surface area contributed by atoms with Gasteiger partial charge in [0.1, 0.15) is 6.10 Å². The second-order valence-corrected chi connectivity index (χ2v) is 11.3. The van der Waals surface area contributed by atoms with Gasteiger partial charge in [-0.15, -0.1) is 0 Å². The molecule has 0 aliphatic carbocycles. The Morgan fingerprint density at radius 3 is 2.84 bits per heavy atom. The first-order chi connectivity index (χ1) is 18.0. The smallest absolute Gasteiger partial charge is 0.249 e. The van der Waals surface area contributed by atoms with E-state index >= 15 is 0 Å². The number of hydrogen-bond acceptors (Lipinski definition) is 8. The average Bonchev–Trinajstić information content (AvgIpc) is 2.92. The van der Waals surface area contributed by atoms with E-state index in [2.05, 4.69) is 68.5 Å². The van der Waals surface area contributed by atoms with Crippen molar-refractivity contribution in [2.75, 3.05) is 29.9 Å². The predicted octanol–water partition coefficient (Wildman–Crippen LogP) is 5.84. The Kier molecular flexibility index (Phi) is 6.67. The monoisotopic (exact) mass is 529 g/mol. The second-order valence-electron chi connectivity index (χ2n) is 9.21. The van der Waals surface area contributed by atoms with Gasteiger partial charge in [0.05, 0.1) is 30.2 Å². The molecule has 0 radical (unpaired) electrons. The normalized spacial score (nSPS) is 17.6. The number of anilines is 2. The van der Waals surface area contributed by atoms with Gasteiger partial charge < -0.3 is 19.9 Å². The zero-order valence-corrected chi connectivity index (χ0v) is 22.2. The second kappa shape index (κ2) is 10.2. The highest BCUT2D eigenvalue weighted by Gasteiger charge is 2.28. The summed E-state index contributed by atoms with van der Waals surface area (Å²) in [5.74, 6) is 0. The number of aromatic nitrogens is 3. The van der Waals surface area contributed by atoms with E-state index in [0.29, 0.717) is 13.2 Å². The predicted molar refractivity (Wildman–Crippen MR) is 148 cm³/mol. The molecule has 4 aromatic rings. The molecular weight excluding hydrogens is 502 g/mol. The van der Waals surface area contributed by atoms with Crippen molar-refractivity contribution in [1.29, 1.82) is 0 Å². The van der Waals surface area contributed by atoms with Crippen molar-refractivity contribution in [1.82, 2.24) is 15.0 Å². The Morgan fingerprint density at radius 2 is 2.00 bits per heavy atom. The molecular formula is C28H27N5O2S2. The molecule has 0 bridgehead atoms. The number of nitrogens with zero attached hydrogens (tertiary/aromatic N) is 3. The molecule has 0 saturated carbocycles. The first-order valence-electron chi connectivity index (χ1n) is 12.3. The van der Waals surface area contributed by atoms with Crippen LogP contribution in [0.1, 0.15) is 36.0 Å². The number of ether oxygens (including phenoxy) is 1. The molecule has 7 nitrogen and oxygen atoms in total. The number of aryl methyl sites for hydroxylation is 1. The lowest BCUT2D eigenvalue weighted by Crippen LogP contribution is -2.39. The van der Waals surface area contributed by atoms with Crippen molar-refractivity contribution in [3.63, 3.8) is 0 Å². The summed E-state index contributed by atoms with van der Waals surface area (Å²) >= 11 is 3.60. The van der Waals surface area contributed by atoms with Gasteiger partial charge in [-0.3, -0.25) is 14.8 Å². The number of rotatable bonds is 5. The fraction of sp³-hybridized carbons (Fsp3) is 0.250. The Bertz CT molecular complexity index is 1490. The molecule has 2 unspecified atom stereocenters. The molecule has 188 valence electrons. The van der Waals surface area contributed by atoms with Gasteiger partial charge in [0, 0.05) is 62.5 Å². The minimum atomic E-state index is -0.0868. The first-order valence-corrected chi connectivity index (χ1v) is 13.9. The van der Waals surface area contributed by atoms with Crippen LogP contribution in [0.3, 0.4) is 0 Å². The Hall–Kier alpha value is -3.27. The highest BCUT2D eigenvalue weighted by molar-refractivity contribution is 8.05. The van der Waals surface area contributed by atoms with E-state index in [4.69, 9.17) is 4.74 Å². The number of pyridine rings is 1. The van der Waals surface area contributed by atoms with Crippen LogP contribution < -0.4 is 15.8 Å². The number of H-pyrrole nitrogens is 1. The van der Waals surface area contributed by atoms with Crippen LogP contribution >= 0.6 is 23.5 Å². The van der Waals surface area contributed by atoms with Crippen molar-refractivity contribution < 1.29 is 4.74 Å². The average molecular weight is 530 g/mol. The summed E-state index contributed by atoms with van der Waals surface area (Å²) in [5.41, 5.74) is 4.94. The van der Waals surface area contributed by atoms with Crippen molar-refractivity contribution in [3.8, 4) is 0 Å². The van der Waals surface area contributed by atoms with E-state index < -0.39 is 0 Å². The lowest BCUT2D eigenvalue weighted by molar-refractivity contribution is 0.0379. The van der Waals surface area contributed by atoms with Gasteiger partial charge in [0.15, 0.2) is 0 Å². The van der Waals surface area contributed by atoms with Gasteiger partial charge in [-0.1, -0.05) is 35.7 Å². The third-order valence-corrected chi connectivity index (χ3v) is 9.16. The molecule has 6 rings (SSSR count). The summed E-state index contributed by atoms with van der Waals surface area (Å²) in [7, 11) is 0. The molecule has 2 atom stereocenters. The molecule has 1 fully saturated rings. The zero-order valence-electron chi connectivity index (χ0n) is 20.6. The molecule has 9 heteroatoms. The standard InChI is InChI=1S/C28H27N5O2S2/c1-17-14-31-22(15-30-17)18(2)32-19-6-7-24-26(12-19)36-25-5-3-4-21(28(25)37-24)23-16-33(10-11-35-23)20-8-9-29-27(34)13-20/h3-9,12-15,18,23,32H,10-11,16H2,1-2H3,(H,29,34). The van der Waals surface area contributed by atoms with Crippen molar-refractivity contribution in [2.45, 2.75) is 45.6 Å². The minimum Gasteiger partial charge on any atom is -0.377 e. The lowest BCUT2D eigenvalue weighted by atomic mass is 10.1. The van der Waals surface area contributed by atoms with E-state index in [0.717, 1.165) is 29.3 Å². The summed E-state index contributed by atoms with van der Waals surface area (Å²) in [6, 6.07) is 16.7. The van der Waals surface area contributed by atoms with E-state index in [-0.39, 0.29) is 17.7 Å². The van der Waals surface area contributed by atoms with E-state index in [1.54, 1.807) is 42.0 Å². The summed E-state index contributed by atoms with van der Waals surface area (Å²) in [5, 5.41) is 3.56. The molecule has 2 aliphatic rings. The van der Waals surface area contributed by atoms with Crippen LogP contribution in [0, 0.1) is 6.92 Å². The maximum absolute atomic E-state index is 11.8. The maximum Gasteiger partial charge on any atom is 0.249 e. The minimum absolute atomic E-state index is 0.0536. The Morgan fingerprint density at radius 1 is 1.08 bits per heavy atom. The van der Waals surface area contributed by atoms with Gasteiger partial charge >= 0.3 is 0 Å². The number of benzene rings is 2. The highest BCUT2D eigenvalue weighted by Crippen LogP contribution is 2.52. The molecule has 2 N–H and O–H groups in total. The van der Waals surface area contributed by atoms with E-state index in [9.17, 15) is 4.79 Å². The topological polar surface area (TPSA) is 83.1 Å². The van der Waals surface area contributed by atoms with Gasteiger partial charge in [-0.2, -0.15) is 0 Å². The van der Waals surface area contributed by atoms with Gasteiger partial charge in [0.2, 0.25) is 5.56 Å². The van der Waals surface area contributed by atoms with Crippen molar-refractivity contribution >= 4 is 34.9 Å². The van der Waals surface area contributed by atoms with E-state index in [1.165, 1.54) is 25.1 Å². The number of aromatic amines is 1. The van der Waals surface area contributed by atoms with Crippen LogP contribution in [0.25, 0.3) is 0 Å². The fourth-order valence-electron chi connectivity index (χ4n) is 4.62. The molecule has 0 spiro atoms. The van der Waals surface area contributed by atoms with Gasteiger partial charge in [-0.05, 0) is 49.7 Å². The number of hydrogen-bond donors (Lipinski definition) is 2. The highest BCUT2D eigenvalue weighted by atomic mass is 32.2. The number of fused-ring (bicyclic) bond motifs is 2. The maximum atomic E-state index is 11.8. The zero-order chi connectivity index (χ0) is 25.4. The summed E-state index contributed by atoms with van der Waals surface area (Å²) in [6.45, 7) is 6.14.